The highest BCUT2D eigenvalue weighted by Crippen LogP contribution is 2.34. The summed E-state index contributed by atoms with van der Waals surface area (Å²) in [6.45, 7) is -1.39. The average molecular weight is 489 g/mol. The maximum atomic E-state index is 14.1. The van der Waals surface area contributed by atoms with E-state index < -0.39 is 60.1 Å². The summed E-state index contributed by atoms with van der Waals surface area (Å²) in [5.74, 6) is -5.94. The Kier molecular flexibility index (Phi) is 5.64. The molecule has 3 aromatic rings. The smallest absolute Gasteiger partial charge is 0.340 e. The number of aromatic carboxylic acids is 1. The molecule has 1 aliphatic heterocycles. The van der Waals surface area contributed by atoms with Crippen LogP contribution in [0.15, 0.2) is 41.3 Å². The predicted molar refractivity (Wildman–Crippen MR) is 109 cm³/mol. The molecule has 1 atom stereocenters. The van der Waals surface area contributed by atoms with Crippen LogP contribution in [0.2, 0.25) is 5.02 Å². The molecule has 0 radical (unpaired) electrons. The van der Waals surface area contributed by atoms with Crippen molar-refractivity contribution >= 4 is 34.7 Å². The van der Waals surface area contributed by atoms with E-state index in [-0.39, 0.29) is 22.1 Å². The summed E-state index contributed by atoms with van der Waals surface area (Å²) in [4.78, 5) is 29.2. The summed E-state index contributed by atoms with van der Waals surface area (Å²) >= 11 is 6.01. The highest BCUT2D eigenvalue weighted by Gasteiger charge is 2.44. The Labute approximate surface area is 187 Å². The van der Waals surface area contributed by atoms with Crippen LogP contribution in [0.5, 0.6) is 0 Å². The molecule has 13 heteroatoms. The van der Waals surface area contributed by atoms with E-state index in [1.165, 1.54) is 0 Å². The summed E-state index contributed by atoms with van der Waals surface area (Å²) in [5.41, 5.74) is -2.67. The zero-order chi connectivity index (χ0) is 24.1. The number of hydrogen-bond acceptors (Lipinski definition) is 5. The van der Waals surface area contributed by atoms with Gasteiger partial charge in [-0.25, -0.2) is 31.7 Å². The van der Waals surface area contributed by atoms with Gasteiger partial charge in [0.25, 0.3) is 17.9 Å². The molecule has 3 heterocycles. The van der Waals surface area contributed by atoms with E-state index in [1.807, 2.05) is 0 Å². The second-order valence-electron chi connectivity index (χ2n) is 7.40. The molecule has 0 aliphatic carbocycles. The number of carbonyl (C=O) groups is 1. The van der Waals surface area contributed by atoms with Crippen molar-refractivity contribution < 1.29 is 31.9 Å². The summed E-state index contributed by atoms with van der Waals surface area (Å²) in [5, 5.41) is 11.5. The molecule has 0 unspecified atom stereocenters. The molecule has 0 spiro atoms. The molecule has 7 nitrogen and oxygen atoms in total. The van der Waals surface area contributed by atoms with E-state index in [4.69, 9.17) is 11.6 Å². The van der Waals surface area contributed by atoms with Gasteiger partial charge in [0, 0.05) is 17.8 Å². The van der Waals surface area contributed by atoms with Crippen LogP contribution in [0.25, 0.3) is 5.65 Å². The van der Waals surface area contributed by atoms with Crippen molar-refractivity contribution in [2.75, 3.05) is 23.3 Å². The summed E-state index contributed by atoms with van der Waals surface area (Å²) in [7, 11) is 0. The van der Waals surface area contributed by atoms with Crippen LogP contribution >= 0.6 is 11.6 Å². The van der Waals surface area contributed by atoms with Gasteiger partial charge in [-0.1, -0.05) is 17.7 Å². The van der Waals surface area contributed by atoms with Crippen LogP contribution in [0, 0.1) is 5.82 Å². The van der Waals surface area contributed by atoms with Crippen molar-refractivity contribution in [2.24, 2.45) is 0 Å². The van der Waals surface area contributed by atoms with Crippen LogP contribution < -0.4 is 15.8 Å². The molecule has 1 aromatic carbocycles. The number of benzene rings is 1. The molecule has 4 rings (SSSR count). The van der Waals surface area contributed by atoms with Crippen molar-refractivity contribution in [1.82, 2.24) is 9.38 Å². The van der Waals surface area contributed by atoms with Gasteiger partial charge >= 0.3 is 5.97 Å². The van der Waals surface area contributed by atoms with E-state index in [0.29, 0.717) is 0 Å². The number of anilines is 2. The number of rotatable bonds is 6. The summed E-state index contributed by atoms with van der Waals surface area (Å²) in [6, 6.07) is 3.18. The van der Waals surface area contributed by atoms with Gasteiger partial charge in [0.15, 0.2) is 0 Å². The van der Waals surface area contributed by atoms with E-state index in [0.717, 1.165) is 45.8 Å². The zero-order valence-corrected chi connectivity index (χ0v) is 17.2. The van der Waals surface area contributed by atoms with Gasteiger partial charge in [-0.2, -0.15) is 0 Å². The highest BCUT2D eigenvalue weighted by molar-refractivity contribution is 6.30. The van der Waals surface area contributed by atoms with Gasteiger partial charge < -0.3 is 15.3 Å². The first kappa shape index (κ1) is 22.8. The third kappa shape index (κ3) is 4.30. The number of aromatic nitrogens is 2. The first-order valence-electron chi connectivity index (χ1n) is 9.39. The maximum absolute atomic E-state index is 14.1. The van der Waals surface area contributed by atoms with Crippen molar-refractivity contribution in [2.45, 2.75) is 18.4 Å². The van der Waals surface area contributed by atoms with E-state index in [2.05, 4.69) is 10.3 Å². The third-order valence-corrected chi connectivity index (χ3v) is 5.24. The maximum Gasteiger partial charge on any atom is 0.340 e. The molecule has 1 aliphatic rings. The number of hydrogen-bond donors (Lipinski definition) is 2. The van der Waals surface area contributed by atoms with Crippen LogP contribution in [0.1, 0.15) is 22.0 Å². The molecule has 174 valence electrons. The second kappa shape index (κ2) is 8.18. The lowest BCUT2D eigenvalue weighted by Gasteiger charge is -2.39. The summed E-state index contributed by atoms with van der Waals surface area (Å²) in [6.07, 6.45) is -2.07. The van der Waals surface area contributed by atoms with Gasteiger partial charge in [0.2, 0.25) is 0 Å². The monoisotopic (exact) mass is 488 g/mol. The zero-order valence-electron chi connectivity index (χ0n) is 16.4. The van der Waals surface area contributed by atoms with Gasteiger partial charge in [0.1, 0.15) is 28.9 Å². The predicted octanol–water partition coefficient (Wildman–Crippen LogP) is 4.06. The van der Waals surface area contributed by atoms with Crippen LogP contribution in [-0.4, -0.2) is 45.9 Å². The minimum absolute atomic E-state index is 0.116. The van der Waals surface area contributed by atoms with E-state index in [9.17, 15) is 36.6 Å². The molecular formula is C20H14ClF5N4O3. The quantitative estimate of drug-likeness (QED) is 0.509. The Hall–Kier alpha value is -3.41. The Morgan fingerprint density at radius 1 is 1.24 bits per heavy atom. The molecule has 2 aromatic heterocycles. The first-order chi connectivity index (χ1) is 15.5. The molecule has 1 fully saturated rings. The number of alkyl halides is 4. The Balaban J connectivity index is 1.86. The molecular weight excluding hydrogens is 475 g/mol. The molecule has 0 saturated carbocycles. The standard InChI is InChI=1S/C20H14ClF5N4O3/c21-9-4-10(16(17(23)24)27-12-3-1-2-11(22)15(12)19(32)33)18-28-13(5-14(31)30(18)6-9)29-7-20(25,26)8-29/h1-6,16-17,27H,7-8H2,(H,32,33)/t16-/m0/s1. The normalized spacial score (nSPS) is 16.0. The van der Waals surface area contributed by atoms with Gasteiger partial charge in [-0.3, -0.25) is 9.20 Å². The molecule has 2 N–H and O–H groups in total. The number of pyridine rings is 1. The van der Waals surface area contributed by atoms with Crippen molar-refractivity contribution in [3.8, 4) is 0 Å². The molecule has 0 bridgehead atoms. The van der Waals surface area contributed by atoms with Crippen LogP contribution in [0.3, 0.4) is 0 Å². The van der Waals surface area contributed by atoms with Crippen LogP contribution in [-0.2, 0) is 0 Å². The number of carboxylic acid groups (broad SMARTS) is 1. The van der Waals surface area contributed by atoms with Crippen molar-refractivity contribution in [1.29, 1.82) is 0 Å². The topological polar surface area (TPSA) is 86.9 Å². The first-order valence-corrected chi connectivity index (χ1v) is 9.77. The largest absolute Gasteiger partial charge is 0.478 e. The SMILES string of the molecule is O=C(O)c1c(F)cccc1N[C@@H](c1cc(Cl)cn2c(=O)cc(N3CC(F)(F)C3)nc12)C(F)F. The van der Waals surface area contributed by atoms with Crippen LogP contribution in [0.4, 0.5) is 33.5 Å². The lowest BCUT2D eigenvalue weighted by molar-refractivity contribution is -0.0267. The van der Waals surface area contributed by atoms with E-state index in [1.54, 1.807) is 0 Å². The van der Waals surface area contributed by atoms with Gasteiger partial charge in [0.05, 0.1) is 23.8 Å². The fourth-order valence-electron chi connectivity index (χ4n) is 3.55. The lowest BCUT2D eigenvalue weighted by atomic mass is 10.1. The number of fused-ring (bicyclic) bond motifs is 1. The Bertz CT molecular complexity index is 1310. The average Bonchev–Trinajstić information content (AvgIpc) is 2.69. The number of nitrogens with zero attached hydrogens (tertiary/aromatic N) is 3. The fourth-order valence-corrected chi connectivity index (χ4v) is 3.77. The number of halogens is 6. The Morgan fingerprint density at radius 3 is 2.55 bits per heavy atom. The van der Waals surface area contributed by atoms with E-state index >= 15 is 0 Å². The van der Waals surface area contributed by atoms with Gasteiger partial charge in [-0.15, -0.1) is 0 Å². The number of carboxylic acids is 1. The molecule has 0 amide bonds. The van der Waals surface area contributed by atoms with Crippen molar-refractivity contribution in [3.63, 3.8) is 0 Å². The lowest BCUT2D eigenvalue weighted by Crippen LogP contribution is -2.57. The Morgan fingerprint density at radius 2 is 1.94 bits per heavy atom. The second-order valence-corrected chi connectivity index (χ2v) is 7.83. The number of nitrogens with one attached hydrogen (secondary N) is 1. The highest BCUT2D eigenvalue weighted by atomic mass is 35.5. The molecule has 33 heavy (non-hydrogen) atoms. The van der Waals surface area contributed by atoms with Crippen molar-refractivity contribution in [3.05, 3.63) is 68.8 Å². The minimum atomic E-state index is -3.19. The molecule has 1 saturated heterocycles. The summed E-state index contributed by atoms with van der Waals surface area (Å²) < 4.78 is 69.7. The third-order valence-electron chi connectivity index (χ3n) is 5.04. The minimum Gasteiger partial charge on any atom is -0.478 e. The van der Waals surface area contributed by atoms with Gasteiger partial charge in [-0.05, 0) is 18.2 Å². The fraction of sp³-hybridized carbons (Fsp3) is 0.250.